The molecule has 2 aromatic heterocycles. The van der Waals surface area contributed by atoms with Crippen molar-refractivity contribution in [2.75, 3.05) is 55.4 Å². The minimum Gasteiger partial charge on any atom is -0.379 e. The molecular formula is C18H25F3N6O4S2. The molecule has 2 aromatic rings. The maximum atomic E-state index is 12.8. The van der Waals surface area contributed by atoms with E-state index in [1.807, 2.05) is 6.92 Å². The Morgan fingerprint density at radius 3 is 2.61 bits per heavy atom. The van der Waals surface area contributed by atoms with Crippen molar-refractivity contribution in [1.82, 2.24) is 19.5 Å². The third kappa shape index (κ3) is 6.65. The van der Waals surface area contributed by atoms with Crippen molar-refractivity contribution in [1.29, 1.82) is 0 Å². The van der Waals surface area contributed by atoms with E-state index in [0.29, 0.717) is 22.6 Å². The Hall–Kier alpha value is -2.23. The summed E-state index contributed by atoms with van der Waals surface area (Å²) in [6.07, 6.45) is -2.15. The maximum Gasteiger partial charge on any atom is 0.427 e. The van der Waals surface area contributed by atoms with Gasteiger partial charge in [-0.2, -0.15) is 22.6 Å². The lowest BCUT2D eigenvalue weighted by molar-refractivity contribution is -0.134. The Kier molecular flexibility index (Phi) is 7.97. The van der Waals surface area contributed by atoms with Crippen molar-refractivity contribution >= 4 is 32.2 Å². The minimum absolute atomic E-state index is 0.0113. The lowest BCUT2D eigenvalue weighted by atomic mass is 10.2. The zero-order chi connectivity index (χ0) is 24.2. The number of alkyl halides is 3. The van der Waals surface area contributed by atoms with Crippen LogP contribution in [0.25, 0.3) is 0 Å². The van der Waals surface area contributed by atoms with Crippen LogP contribution in [0.2, 0.25) is 0 Å². The van der Waals surface area contributed by atoms with E-state index in [1.54, 1.807) is 11.8 Å². The van der Waals surface area contributed by atoms with Crippen molar-refractivity contribution in [3.05, 3.63) is 33.2 Å². The fourth-order valence-electron chi connectivity index (χ4n) is 3.16. The second-order valence-electron chi connectivity index (χ2n) is 7.57. The molecule has 0 unspecified atom stereocenters. The van der Waals surface area contributed by atoms with Crippen molar-refractivity contribution in [2.45, 2.75) is 26.1 Å². The number of rotatable bonds is 9. The maximum absolute atomic E-state index is 12.8. The Labute approximate surface area is 192 Å². The van der Waals surface area contributed by atoms with Crippen LogP contribution in [-0.2, 0) is 20.9 Å². The van der Waals surface area contributed by atoms with Gasteiger partial charge < -0.3 is 15.0 Å². The third-order valence-electron chi connectivity index (χ3n) is 5.04. The molecule has 0 saturated carbocycles. The van der Waals surface area contributed by atoms with Gasteiger partial charge in [-0.25, -0.2) is 18.5 Å². The first-order chi connectivity index (χ1) is 15.5. The first-order valence-corrected chi connectivity index (χ1v) is 12.5. The predicted molar refractivity (Wildman–Crippen MR) is 118 cm³/mol. The highest BCUT2D eigenvalue weighted by Crippen LogP contribution is 2.36. The number of thiazole rings is 1. The van der Waals surface area contributed by atoms with Crippen molar-refractivity contribution in [2.24, 2.45) is 0 Å². The van der Waals surface area contributed by atoms with Gasteiger partial charge in [0.05, 0.1) is 37.0 Å². The van der Waals surface area contributed by atoms with Crippen molar-refractivity contribution in [3.8, 4) is 0 Å². The van der Waals surface area contributed by atoms with E-state index in [0.717, 1.165) is 6.20 Å². The molecule has 1 aliphatic rings. The van der Waals surface area contributed by atoms with E-state index < -0.39 is 21.1 Å². The summed E-state index contributed by atoms with van der Waals surface area (Å²) in [6, 6.07) is -0.182. The Morgan fingerprint density at radius 1 is 1.27 bits per heavy atom. The molecule has 0 bridgehead atoms. The fourth-order valence-corrected chi connectivity index (χ4v) is 5.31. The van der Waals surface area contributed by atoms with Gasteiger partial charge in [0.1, 0.15) is 4.88 Å². The van der Waals surface area contributed by atoms with Gasteiger partial charge in [0.2, 0.25) is 10.0 Å². The predicted octanol–water partition coefficient (Wildman–Crippen LogP) is 1.52. The summed E-state index contributed by atoms with van der Waals surface area (Å²) in [5.41, 5.74) is 0.767. The van der Waals surface area contributed by atoms with E-state index in [2.05, 4.69) is 20.5 Å². The Balaban J connectivity index is 1.42. The summed E-state index contributed by atoms with van der Waals surface area (Å²) in [4.78, 5) is 16.3. The van der Waals surface area contributed by atoms with Crippen LogP contribution in [0, 0.1) is 6.92 Å². The third-order valence-corrected chi connectivity index (χ3v) is 7.97. The number of ether oxygens (including phenoxy) is 1. The van der Waals surface area contributed by atoms with Crippen LogP contribution in [-0.4, -0.2) is 79.1 Å². The van der Waals surface area contributed by atoms with Crippen LogP contribution < -0.4 is 15.8 Å². The zero-order valence-electron chi connectivity index (χ0n) is 18.1. The van der Waals surface area contributed by atoms with Crippen LogP contribution in [0.3, 0.4) is 0 Å². The number of hydrogen-bond donors (Lipinski definition) is 2. The quantitative estimate of drug-likeness (QED) is 0.488. The van der Waals surface area contributed by atoms with E-state index >= 15 is 0 Å². The smallest absolute Gasteiger partial charge is 0.379 e. The molecule has 0 spiro atoms. The van der Waals surface area contributed by atoms with Crippen LogP contribution in [0.1, 0.15) is 17.4 Å². The Morgan fingerprint density at radius 2 is 1.97 bits per heavy atom. The molecule has 2 N–H and O–H groups in total. The van der Waals surface area contributed by atoms with Gasteiger partial charge in [-0.05, 0) is 13.8 Å². The van der Waals surface area contributed by atoms with Gasteiger partial charge in [0.25, 0.3) is 5.56 Å². The highest BCUT2D eigenvalue weighted by Gasteiger charge is 2.35. The van der Waals surface area contributed by atoms with Gasteiger partial charge in [-0.1, -0.05) is 11.3 Å². The van der Waals surface area contributed by atoms with E-state index in [-0.39, 0.29) is 61.9 Å². The summed E-state index contributed by atoms with van der Waals surface area (Å²) < 4.78 is 70.3. The molecule has 15 heteroatoms. The van der Waals surface area contributed by atoms with Crippen LogP contribution in [0.15, 0.2) is 17.2 Å². The first-order valence-electron chi connectivity index (χ1n) is 10.1. The lowest BCUT2D eigenvalue weighted by Gasteiger charge is -2.33. The molecule has 33 heavy (non-hydrogen) atoms. The topological polar surface area (TPSA) is 121 Å². The average Bonchev–Trinajstić information content (AvgIpc) is 3.26. The molecule has 0 aliphatic carbocycles. The standard InChI is InChI=1S/C18H25F3N6O4S2/c1-12(24-14-9-23-25-16(28)13(14)2)11-31-7-8-33(29,30)27-5-3-26(4-6-27)17-22-10-15(32-17)18(19,20)21/h9-10,12H,3-8,11H2,1-2H3,(H2,24,25,28)/t12-/m0/s1. The van der Waals surface area contributed by atoms with Gasteiger partial charge >= 0.3 is 6.18 Å². The summed E-state index contributed by atoms with van der Waals surface area (Å²) in [7, 11) is -3.57. The zero-order valence-corrected chi connectivity index (χ0v) is 19.7. The van der Waals surface area contributed by atoms with Gasteiger partial charge in [0, 0.05) is 37.8 Å². The van der Waals surface area contributed by atoms with Gasteiger partial charge in [0.15, 0.2) is 5.13 Å². The lowest BCUT2D eigenvalue weighted by Crippen LogP contribution is -2.49. The Bertz CT molecular complexity index is 1100. The molecule has 1 atom stereocenters. The number of hydrogen-bond acceptors (Lipinski definition) is 9. The number of nitrogens with one attached hydrogen (secondary N) is 2. The number of piperazine rings is 1. The molecule has 3 heterocycles. The molecule has 0 aromatic carbocycles. The first kappa shape index (κ1) is 25.4. The number of halogens is 3. The monoisotopic (exact) mass is 510 g/mol. The molecule has 0 radical (unpaired) electrons. The van der Waals surface area contributed by atoms with E-state index in [1.165, 1.54) is 10.5 Å². The molecule has 184 valence electrons. The van der Waals surface area contributed by atoms with Gasteiger partial charge in [-0.15, -0.1) is 0 Å². The van der Waals surface area contributed by atoms with Gasteiger partial charge in [-0.3, -0.25) is 4.79 Å². The van der Waals surface area contributed by atoms with Crippen molar-refractivity contribution in [3.63, 3.8) is 0 Å². The normalized spacial score (nSPS) is 16.7. The van der Waals surface area contributed by atoms with Crippen LogP contribution in [0.4, 0.5) is 24.0 Å². The summed E-state index contributed by atoms with van der Waals surface area (Å²) in [5, 5.41) is 9.39. The number of aromatic nitrogens is 3. The van der Waals surface area contributed by atoms with Crippen molar-refractivity contribution < 1.29 is 26.3 Å². The minimum atomic E-state index is -4.44. The fraction of sp³-hybridized carbons (Fsp3) is 0.611. The summed E-state index contributed by atoms with van der Waals surface area (Å²) in [6.45, 7) is 4.55. The number of anilines is 2. The van der Waals surface area contributed by atoms with Crippen LogP contribution in [0.5, 0.6) is 0 Å². The summed E-state index contributed by atoms with van der Waals surface area (Å²) in [5.74, 6) is -0.208. The van der Waals surface area contributed by atoms with E-state index in [9.17, 15) is 26.4 Å². The molecule has 1 fully saturated rings. The second kappa shape index (κ2) is 10.4. The molecule has 10 nitrogen and oxygen atoms in total. The molecule has 3 rings (SSSR count). The second-order valence-corrected chi connectivity index (χ2v) is 10.7. The van der Waals surface area contributed by atoms with Crippen LogP contribution >= 0.6 is 11.3 Å². The number of sulfonamides is 1. The highest BCUT2D eigenvalue weighted by atomic mass is 32.2. The number of H-pyrrole nitrogens is 1. The average molecular weight is 511 g/mol. The highest BCUT2D eigenvalue weighted by molar-refractivity contribution is 7.89. The number of aromatic amines is 1. The number of nitrogens with zero attached hydrogens (tertiary/aromatic N) is 4. The molecular weight excluding hydrogens is 485 g/mol. The molecule has 1 saturated heterocycles. The van der Waals surface area contributed by atoms with E-state index in [4.69, 9.17) is 4.74 Å². The SMILES string of the molecule is Cc1c(N[C@@H](C)COCCS(=O)(=O)N2CCN(c3ncc(C(F)(F)F)s3)CC2)cn[nH]c1=O. The molecule has 1 aliphatic heterocycles. The summed E-state index contributed by atoms with van der Waals surface area (Å²) >= 11 is 0.550. The molecule has 0 amide bonds. The largest absolute Gasteiger partial charge is 0.427 e.